The lowest BCUT2D eigenvalue weighted by Gasteiger charge is -2.32. The van der Waals surface area contributed by atoms with Gasteiger partial charge in [0.05, 0.1) is 23.8 Å². The van der Waals surface area contributed by atoms with Crippen LogP contribution in [-0.4, -0.2) is 66.3 Å². The van der Waals surface area contributed by atoms with Gasteiger partial charge in [-0.25, -0.2) is 9.50 Å². The number of nitrogens with zero attached hydrogens (tertiary/aromatic N) is 6. The summed E-state index contributed by atoms with van der Waals surface area (Å²) in [5.41, 5.74) is 2.78. The van der Waals surface area contributed by atoms with Crippen LogP contribution in [0.25, 0.3) is 28.2 Å². The van der Waals surface area contributed by atoms with E-state index < -0.39 is 18.5 Å². The summed E-state index contributed by atoms with van der Waals surface area (Å²) in [4.78, 5) is 26.6. The maximum Gasteiger partial charge on any atom is 0.255 e. The minimum absolute atomic E-state index is 0.0971. The summed E-state index contributed by atoms with van der Waals surface area (Å²) < 4.78 is 23.4. The third kappa shape index (κ3) is 4.19. The van der Waals surface area contributed by atoms with Crippen LogP contribution in [-0.2, 0) is 4.79 Å². The lowest BCUT2D eigenvalue weighted by atomic mass is 10.1. The van der Waals surface area contributed by atoms with Crippen molar-refractivity contribution in [1.29, 1.82) is 0 Å². The Balaban J connectivity index is 1.59. The molecular formula is C24H23FN6O3. The number of piperidine rings is 1. The fourth-order valence-corrected chi connectivity index (χ4v) is 4.13. The minimum atomic E-state index is -0.684. The number of carbonyl (C=O) groups excluding carboxylic acids is 1. The van der Waals surface area contributed by atoms with E-state index >= 15 is 4.39 Å². The van der Waals surface area contributed by atoms with E-state index in [1.807, 2.05) is 31.3 Å². The molecule has 0 radical (unpaired) electrons. The Morgan fingerprint density at radius 1 is 1.29 bits per heavy atom. The quantitative estimate of drug-likeness (QED) is 0.486. The van der Waals surface area contributed by atoms with Gasteiger partial charge in [0.15, 0.2) is 5.82 Å². The van der Waals surface area contributed by atoms with Crippen molar-refractivity contribution in [3.63, 3.8) is 0 Å². The van der Waals surface area contributed by atoms with Crippen LogP contribution in [0.4, 0.5) is 4.39 Å². The molecule has 0 aromatic carbocycles. The van der Waals surface area contributed by atoms with Crippen LogP contribution in [0.3, 0.4) is 0 Å². The molecule has 174 valence electrons. The van der Waals surface area contributed by atoms with Gasteiger partial charge in [-0.1, -0.05) is 6.07 Å². The highest BCUT2D eigenvalue weighted by Crippen LogP contribution is 2.32. The molecule has 1 fully saturated rings. The summed E-state index contributed by atoms with van der Waals surface area (Å²) in [5, 5.41) is 13.5. The molecule has 1 N–H and O–H groups in total. The summed E-state index contributed by atoms with van der Waals surface area (Å²) in [7, 11) is 0. The van der Waals surface area contributed by atoms with E-state index in [0.29, 0.717) is 30.5 Å². The van der Waals surface area contributed by atoms with Gasteiger partial charge in [-0.3, -0.25) is 9.78 Å². The number of hydrogen-bond donors (Lipinski definition) is 1. The second kappa shape index (κ2) is 9.14. The number of halogens is 1. The second-order valence-corrected chi connectivity index (χ2v) is 8.17. The molecule has 5 heterocycles. The van der Waals surface area contributed by atoms with E-state index in [1.165, 1.54) is 4.90 Å². The number of carbonyl (C=O) groups is 1. The first-order chi connectivity index (χ1) is 16.5. The van der Waals surface area contributed by atoms with Crippen LogP contribution >= 0.6 is 0 Å². The first kappa shape index (κ1) is 21.9. The zero-order valence-corrected chi connectivity index (χ0v) is 18.6. The van der Waals surface area contributed by atoms with Crippen molar-refractivity contribution >= 4 is 11.4 Å². The highest BCUT2D eigenvalue weighted by Gasteiger charge is 2.27. The van der Waals surface area contributed by atoms with Crippen LogP contribution in [0.5, 0.6) is 5.88 Å². The Hall–Kier alpha value is -3.92. The molecule has 34 heavy (non-hydrogen) atoms. The van der Waals surface area contributed by atoms with Gasteiger partial charge in [0.1, 0.15) is 18.4 Å². The van der Waals surface area contributed by atoms with E-state index in [4.69, 9.17) is 4.74 Å². The van der Waals surface area contributed by atoms with Gasteiger partial charge in [-0.15, -0.1) is 0 Å². The first-order valence-electron chi connectivity index (χ1n) is 11.0. The average Bonchev–Trinajstić information content (AvgIpc) is 3.29. The number of hydrogen-bond acceptors (Lipinski definition) is 7. The van der Waals surface area contributed by atoms with E-state index in [1.54, 1.807) is 29.0 Å². The van der Waals surface area contributed by atoms with E-state index in [2.05, 4.69) is 20.1 Å². The van der Waals surface area contributed by atoms with Crippen molar-refractivity contribution in [3.05, 3.63) is 60.4 Å². The van der Waals surface area contributed by atoms with Crippen molar-refractivity contribution in [2.75, 3.05) is 19.7 Å². The molecule has 0 bridgehead atoms. The Kier molecular flexibility index (Phi) is 5.89. The molecule has 1 aliphatic rings. The Morgan fingerprint density at radius 2 is 2.18 bits per heavy atom. The Bertz CT molecular complexity index is 1360. The number of fused-ring (bicyclic) bond motifs is 1. The van der Waals surface area contributed by atoms with Gasteiger partial charge >= 0.3 is 0 Å². The fraction of sp³-hybridized carbons (Fsp3) is 0.292. The van der Waals surface area contributed by atoms with Gasteiger partial charge in [-0.2, -0.15) is 14.5 Å². The topological polar surface area (TPSA) is 106 Å². The molecule has 0 spiro atoms. The van der Waals surface area contributed by atoms with Crippen LogP contribution in [0.15, 0.2) is 48.9 Å². The van der Waals surface area contributed by atoms with Crippen LogP contribution in [0.2, 0.25) is 0 Å². The largest absolute Gasteiger partial charge is 0.470 e. The van der Waals surface area contributed by atoms with Crippen molar-refractivity contribution < 1.29 is 19.0 Å². The van der Waals surface area contributed by atoms with Crippen molar-refractivity contribution in [2.45, 2.75) is 25.9 Å². The number of ether oxygens (including phenoxy) is 1. The van der Waals surface area contributed by atoms with Crippen LogP contribution < -0.4 is 4.74 Å². The SMILES string of the molecule is Cc1cc(-c2nc(-c3cnn4ccccc34)nc(O[C@@H]3CCCN(C(=O)CO)C3)c2F)ccn1. The van der Waals surface area contributed by atoms with Crippen LogP contribution in [0, 0.1) is 12.7 Å². The van der Waals surface area contributed by atoms with Crippen molar-refractivity contribution in [1.82, 2.24) is 29.5 Å². The average molecular weight is 462 g/mol. The van der Waals surface area contributed by atoms with E-state index in [-0.39, 0.29) is 29.9 Å². The summed E-state index contributed by atoms with van der Waals surface area (Å²) in [6, 6.07) is 9.05. The molecular weight excluding hydrogens is 439 g/mol. The first-order valence-corrected chi connectivity index (χ1v) is 11.0. The third-order valence-corrected chi connectivity index (χ3v) is 5.80. The van der Waals surface area contributed by atoms with Gasteiger partial charge in [-0.05, 0) is 44.0 Å². The van der Waals surface area contributed by atoms with Gasteiger partial charge < -0.3 is 14.7 Å². The molecule has 0 unspecified atom stereocenters. The summed E-state index contributed by atoms with van der Waals surface area (Å²) in [6.07, 6.45) is 5.89. The molecule has 4 aromatic heterocycles. The molecule has 5 rings (SSSR count). The molecule has 1 saturated heterocycles. The Labute approximate surface area is 194 Å². The van der Waals surface area contributed by atoms with Crippen molar-refractivity contribution in [3.8, 4) is 28.5 Å². The summed E-state index contributed by atoms with van der Waals surface area (Å²) in [6.45, 7) is 2.03. The molecule has 0 aliphatic carbocycles. The predicted octanol–water partition coefficient (Wildman–Crippen LogP) is 2.66. The molecule has 4 aromatic rings. The zero-order chi connectivity index (χ0) is 23.7. The molecule has 9 nitrogen and oxygen atoms in total. The predicted molar refractivity (Wildman–Crippen MR) is 121 cm³/mol. The molecule has 1 atom stereocenters. The Morgan fingerprint density at radius 3 is 3.00 bits per heavy atom. The normalized spacial score (nSPS) is 16.1. The third-order valence-electron chi connectivity index (χ3n) is 5.80. The molecule has 1 amide bonds. The number of pyridine rings is 2. The molecule has 10 heteroatoms. The number of aromatic nitrogens is 5. The van der Waals surface area contributed by atoms with Crippen LogP contribution in [0.1, 0.15) is 18.5 Å². The summed E-state index contributed by atoms with van der Waals surface area (Å²) >= 11 is 0. The van der Waals surface area contributed by atoms with Gasteiger partial charge in [0, 0.05) is 30.2 Å². The zero-order valence-electron chi connectivity index (χ0n) is 18.6. The molecule has 0 saturated carbocycles. The van der Waals surface area contributed by atoms with Crippen molar-refractivity contribution in [2.24, 2.45) is 0 Å². The number of aryl methyl sites for hydroxylation is 1. The number of aliphatic hydroxyl groups excluding tert-OH is 1. The fourth-order valence-electron chi connectivity index (χ4n) is 4.13. The maximum atomic E-state index is 15.7. The smallest absolute Gasteiger partial charge is 0.255 e. The standard InChI is InChI=1S/C24H23FN6O3/c1-15-11-16(7-8-26-15)22-21(25)24(34-17-5-4-9-30(13-17)20(33)14-32)29-23(28-22)18-12-27-31-10-3-2-6-19(18)31/h2-3,6-8,10-12,17,32H,4-5,9,13-14H2,1H3/t17-/m1/s1. The highest BCUT2D eigenvalue weighted by molar-refractivity contribution is 5.78. The van der Waals surface area contributed by atoms with E-state index in [9.17, 15) is 9.90 Å². The monoisotopic (exact) mass is 462 g/mol. The van der Waals surface area contributed by atoms with Gasteiger partial charge in [0.25, 0.3) is 5.88 Å². The number of aliphatic hydroxyl groups is 1. The second-order valence-electron chi connectivity index (χ2n) is 8.17. The lowest BCUT2D eigenvalue weighted by Crippen LogP contribution is -2.45. The maximum absolute atomic E-state index is 15.7. The number of amides is 1. The summed E-state index contributed by atoms with van der Waals surface area (Å²) in [5.74, 6) is -0.970. The van der Waals surface area contributed by atoms with Gasteiger partial charge in [0.2, 0.25) is 11.7 Å². The molecule has 1 aliphatic heterocycles. The number of likely N-dealkylation sites (tertiary alicyclic amines) is 1. The van der Waals surface area contributed by atoms with E-state index in [0.717, 1.165) is 11.2 Å². The highest BCUT2D eigenvalue weighted by atomic mass is 19.1. The lowest BCUT2D eigenvalue weighted by molar-refractivity contribution is -0.136. The number of rotatable bonds is 5. The minimum Gasteiger partial charge on any atom is -0.470 e.